The Morgan fingerprint density at radius 1 is 1.36 bits per heavy atom. The first-order valence-corrected chi connectivity index (χ1v) is 5.93. The molecule has 0 spiro atoms. The van der Waals surface area contributed by atoms with E-state index in [2.05, 4.69) is 11.8 Å². The largest absolute Gasteiger partial charge is 0.301 e. The summed E-state index contributed by atoms with van der Waals surface area (Å²) in [6, 6.07) is 0.726. The highest BCUT2D eigenvalue weighted by Crippen LogP contribution is 2.16. The average molecular weight is 197 g/mol. The van der Waals surface area contributed by atoms with Crippen LogP contribution in [0.5, 0.6) is 0 Å². The zero-order chi connectivity index (χ0) is 10.4. The molecule has 0 bridgehead atoms. The summed E-state index contributed by atoms with van der Waals surface area (Å²) in [5, 5.41) is 0. The second-order valence-electron chi connectivity index (χ2n) is 4.54. The standard InChI is InChI=1S/C12H23NO/c1-11-7-4-3-5-9-13(11)10-6-8-12(2)14/h11H,3-10H2,1-2H3. The van der Waals surface area contributed by atoms with Gasteiger partial charge in [-0.05, 0) is 46.2 Å². The highest BCUT2D eigenvalue weighted by Gasteiger charge is 2.15. The monoisotopic (exact) mass is 197 g/mol. The Kier molecular flexibility index (Phi) is 5.16. The van der Waals surface area contributed by atoms with E-state index >= 15 is 0 Å². The van der Waals surface area contributed by atoms with Crippen LogP contribution < -0.4 is 0 Å². The van der Waals surface area contributed by atoms with Gasteiger partial charge in [-0.3, -0.25) is 0 Å². The molecule has 1 aliphatic heterocycles. The van der Waals surface area contributed by atoms with Crippen molar-refractivity contribution in [2.24, 2.45) is 0 Å². The lowest BCUT2D eigenvalue weighted by Gasteiger charge is -2.26. The third-order valence-electron chi connectivity index (χ3n) is 3.16. The van der Waals surface area contributed by atoms with Gasteiger partial charge in [-0.25, -0.2) is 0 Å². The summed E-state index contributed by atoms with van der Waals surface area (Å²) in [7, 11) is 0. The lowest BCUT2D eigenvalue weighted by molar-refractivity contribution is -0.117. The molecule has 0 aromatic rings. The van der Waals surface area contributed by atoms with Crippen LogP contribution in [0.25, 0.3) is 0 Å². The Bertz CT molecular complexity index is 179. The summed E-state index contributed by atoms with van der Waals surface area (Å²) < 4.78 is 0. The number of nitrogens with zero attached hydrogens (tertiary/aromatic N) is 1. The molecule has 1 atom stereocenters. The fourth-order valence-electron chi connectivity index (χ4n) is 2.20. The summed E-state index contributed by atoms with van der Waals surface area (Å²) >= 11 is 0. The normalized spacial score (nSPS) is 24.6. The summed E-state index contributed by atoms with van der Waals surface area (Å²) in [6.45, 7) is 6.35. The van der Waals surface area contributed by atoms with Crippen molar-refractivity contribution in [2.45, 2.75) is 58.4 Å². The van der Waals surface area contributed by atoms with Gasteiger partial charge in [0.2, 0.25) is 0 Å². The van der Waals surface area contributed by atoms with E-state index in [0.717, 1.165) is 25.4 Å². The number of carbonyl (C=O) groups is 1. The second kappa shape index (κ2) is 6.18. The van der Waals surface area contributed by atoms with E-state index in [1.165, 1.54) is 32.2 Å². The lowest BCUT2D eigenvalue weighted by atomic mass is 10.1. The zero-order valence-corrected chi connectivity index (χ0v) is 9.59. The molecule has 0 saturated carbocycles. The van der Waals surface area contributed by atoms with Gasteiger partial charge in [0.1, 0.15) is 5.78 Å². The van der Waals surface area contributed by atoms with Crippen LogP contribution in [0, 0.1) is 0 Å². The quantitative estimate of drug-likeness (QED) is 0.690. The van der Waals surface area contributed by atoms with Gasteiger partial charge in [-0.1, -0.05) is 12.8 Å². The number of carbonyl (C=O) groups excluding carboxylic acids is 1. The Morgan fingerprint density at radius 3 is 2.86 bits per heavy atom. The van der Waals surface area contributed by atoms with Crippen LogP contribution in [0.2, 0.25) is 0 Å². The molecule has 1 unspecified atom stereocenters. The molecule has 82 valence electrons. The van der Waals surface area contributed by atoms with Crippen molar-refractivity contribution in [3.63, 3.8) is 0 Å². The van der Waals surface area contributed by atoms with E-state index in [-0.39, 0.29) is 0 Å². The highest BCUT2D eigenvalue weighted by molar-refractivity contribution is 5.75. The van der Waals surface area contributed by atoms with Crippen LogP contribution in [0.15, 0.2) is 0 Å². The van der Waals surface area contributed by atoms with E-state index in [4.69, 9.17) is 0 Å². The van der Waals surface area contributed by atoms with Gasteiger partial charge in [0.15, 0.2) is 0 Å². The van der Waals surface area contributed by atoms with Crippen LogP contribution in [0.3, 0.4) is 0 Å². The van der Waals surface area contributed by atoms with Crippen molar-refractivity contribution in [1.82, 2.24) is 4.90 Å². The molecule has 0 radical (unpaired) electrons. The summed E-state index contributed by atoms with van der Waals surface area (Å²) in [5.74, 6) is 0.326. The van der Waals surface area contributed by atoms with E-state index in [0.29, 0.717) is 5.78 Å². The van der Waals surface area contributed by atoms with E-state index in [1.54, 1.807) is 6.92 Å². The van der Waals surface area contributed by atoms with Crippen molar-refractivity contribution < 1.29 is 4.79 Å². The van der Waals surface area contributed by atoms with Gasteiger partial charge in [0.05, 0.1) is 0 Å². The predicted octanol–water partition coefficient (Wildman–Crippen LogP) is 2.62. The number of hydrogen-bond acceptors (Lipinski definition) is 2. The smallest absolute Gasteiger partial charge is 0.129 e. The second-order valence-corrected chi connectivity index (χ2v) is 4.54. The van der Waals surface area contributed by atoms with Crippen LogP contribution in [-0.4, -0.2) is 29.8 Å². The first kappa shape index (κ1) is 11.7. The minimum Gasteiger partial charge on any atom is -0.301 e. The van der Waals surface area contributed by atoms with Crippen molar-refractivity contribution in [2.75, 3.05) is 13.1 Å². The molecular weight excluding hydrogens is 174 g/mol. The molecule has 0 aromatic heterocycles. The van der Waals surface area contributed by atoms with Gasteiger partial charge in [0, 0.05) is 12.5 Å². The van der Waals surface area contributed by atoms with Crippen molar-refractivity contribution in [3.8, 4) is 0 Å². The maximum atomic E-state index is 10.8. The van der Waals surface area contributed by atoms with Gasteiger partial charge in [-0.2, -0.15) is 0 Å². The molecule has 2 nitrogen and oxygen atoms in total. The average Bonchev–Trinajstić information content (AvgIpc) is 2.31. The van der Waals surface area contributed by atoms with Gasteiger partial charge < -0.3 is 9.69 Å². The zero-order valence-electron chi connectivity index (χ0n) is 9.59. The molecule has 2 heteroatoms. The maximum Gasteiger partial charge on any atom is 0.129 e. The van der Waals surface area contributed by atoms with Crippen molar-refractivity contribution in [1.29, 1.82) is 0 Å². The molecule has 0 aromatic carbocycles. The summed E-state index contributed by atoms with van der Waals surface area (Å²) in [5.41, 5.74) is 0. The van der Waals surface area contributed by atoms with Crippen LogP contribution in [-0.2, 0) is 4.79 Å². The Morgan fingerprint density at radius 2 is 2.14 bits per heavy atom. The van der Waals surface area contributed by atoms with Crippen LogP contribution >= 0.6 is 0 Å². The third kappa shape index (κ3) is 4.23. The molecular formula is C12H23NO. The molecule has 1 fully saturated rings. The fraction of sp³-hybridized carbons (Fsp3) is 0.917. The molecule has 1 saturated heterocycles. The fourth-order valence-corrected chi connectivity index (χ4v) is 2.20. The minimum absolute atomic E-state index is 0.326. The number of rotatable bonds is 4. The topological polar surface area (TPSA) is 20.3 Å². The number of likely N-dealkylation sites (tertiary alicyclic amines) is 1. The van der Waals surface area contributed by atoms with Gasteiger partial charge in [0.25, 0.3) is 0 Å². The maximum absolute atomic E-state index is 10.8. The Labute approximate surface area is 87.7 Å². The Hall–Kier alpha value is -0.370. The summed E-state index contributed by atoms with van der Waals surface area (Å²) in [4.78, 5) is 13.4. The van der Waals surface area contributed by atoms with Crippen LogP contribution in [0.4, 0.5) is 0 Å². The number of ketones is 1. The van der Waals surface area contributed by atoms with Crippen molar-refractivity contribution in [3.05, 3.63) is 0 Å². The van der Waals surface area contributed by atoms with E-state index < -0.39 is 0 Å². The number of Topliss-reactive ketones (excluding diaryl/α,β-unsaturated/α-hetero) is 1. The van der Waals surface area contributed by atoms with Crippen molar-refractivity contribution >= 4 is 5.78 Å². The predicted molar refractivity (Wildman–Crippen MR) is 59.4 cm³/mol. The van der Waals surface area contributed by atoms with E-state index in [9.17, 15) is 4.79 Å². The molecule has 0 aliphatic carbocycles. The molecule has 1 aliphatic rings. The number of hydrogen-bond donors (Lipinski definition) is 0. The SMILES string of the molecule is CC(=O)CCCN1CCCCCC1C. The summed E-state index contributed by atoms with van der Waals surface area (Å²) in [6.07, 6.45) is 7.23. The first-order chi connectivity index (χ1) is 6.70. The third-order valence-corrected chi connectivity index (χ3v) is 3.16. The molecule has 1 rings (SSSR count). The van der Waals surface area contributed by atoms with Gasteiger partial charge >= 0.3 is 0 Å². The molecule has 0 amide bonds. The molecule has 1 heterocycles. The minimum atomic E-state index is 0.326. The first-order valence-electron chi connectivity index (χ1n) is 5.93. The molecule has 0 N–H and O–H groups in total. The van der Waals surface area contributed by atoms with E-state index in [1.807, 2.05) is 0 Å². The Balaban J connectivity index is 2.22. The molecule has 14 heavy (non-hydrogen) atoms. The lowest BCUT2D eigenvalue weighted by Crippen LogP contribution is -2.33. The highest BCUT2D eigenvalue weighted by atomic mass is 16.1. The van der Waals surface area contributed by atoms with Gasteiger partial charge in [-0.15, -0.1) is 0 Å². The van der Waals surface area contributed by atoms with Crippen LogP contribution in [0.1, 0.15) is 52.4 Å².